The molecule has 0 aliphatic rings. The molecule has 1 amide bonds. The molecule has 2 aromatic rings. The lowest BCUT2D eigenvalue weighted by Crippen LogP contribution is -2.31. The predicted octanol–water partition coefficient (Wildman–Crippen LogP) is 2.03. The third kappa shape index (κ3) is 4.26. The van der Waals surface area contributed by atoms with Crippen LogP contribution in [0.15, 0.2) is 41.0 Å². The molecule has 1 atom stereocenters. The first-order chi connectivity index (χ1) is 11.0. The van der Waals surface area contributed by atoms with Crippen LogP contribution in [0, 0.1) is 0 Å². The molecule has 1 aromatic carbocycles. The van der Waals surface area contributed by atoms with Crippen molar-refractivity contribution in [3.8, 4) is 11.5 Å². The summed E-state index contributed by atoms with van der Waals surface area (Å²) in [5.74, 6) is -0.554. The summed E-state index contributed by atoms with van der Waals surface area (Å²) >= 11 is 0. The van der Waals surface area contributed by atoms with Crippen molar-refractivity contribution in [3.63, 3.8) is 0 Å². The number of rotatable bonds is 6. The molecular weight excluding hydrogens is 302 g/mol. The summed E-state index contributed by atoms with van der Waals surface area (Å²) < 4.78 is 15.0. The Kier molecular flexibility index (Phi) is 5.24. The number of ether oxygens (including phenoxy) is 2. The lowest BCUT2D eigenvalue weighted by atomic mass is 10.2. The van der Waals surface area contributed by atoms with Crippen LogP contribution in [-0.2, 0) is 9.53 Å². The Hall–Kier alpha value is -2.96. The first-order valence-corrected chi connectivity index (χ1v) is 6.88. The molecule has 2 rings (SSSR count). The first kappa shape index (κ1) is 16.4. The van der Waals surface area contributed by atoms with Gasteiger partial charge in [0.15, 0.2) is 6.61 Å². The Labute approximate surface area is 132 Å². The van der Waals surface area contributed by atoms with Crippen LogP contribution >= 0.6 is 0 Å². The number of nitrogens with one attached hydrogen (secondary N) is 1. The van der Waals surface area contributed by atoms with Crippen LogP contribution in [0.25, 0.3) is 0 Å². The van der Waals surface area contributed by atoms with Crippen LogP contribution < -0.4 is 10.1 Å². The van der Waals surface area contributed by atoms with Gasteiger partial charge in [-0.3, -0.25) is 4.79 Å². The van der Waals surface area contributed by atoms with Crippen LogP contribution in [0.3, 0.4) is 0 Å². The SMILES string of the molecule is COc1ccc(C(=O)OCC(=O)N[C@@H](C)c2ccco2)c(O)c1. The van der Waals surface area contributed by atoms with Gasteiger partial charge in [-0.05, 0) is 31.2 Å². The molecule has 0 saturated carbocycles. The molecule has 23 heavy (non-hydrogen) atoms. The maximum Gasteiger partial charge on any atom is 0.342 e. The Morgan fingerprint density at radius 1 is 1.35 bits per heavy atom. The van der Waals surface area contributed by atoms with Gasteiger partial charge in [0.1, 0.15) is 22.8 Å². The van der Waals surface area contributed by atoms with E-state index in [2.05, 4.69) is 5.32 Å². The zero-order valence-corrected chi connectivity index (χ0v) is 12.7. The number of methoxy groups -OCH3 is 1. The number of phenols is 1. The van der Waals surface area contributed by atoms with Gasteiger partial charge in [0.05, 0.1) is 19.4 Å². The van der Waals surface area contributed by atoms with E-state index < -0.39 is 18.5 Å². The molecule has 0 fully saturated rings. The topological polar surface area (TPSA) is 98.0 Å². The number of carbonyl (C=O) groups is 2. The molecular formula is C16H17NO6. The van der Waals surface area contributed by atoms with Crippen LogP contribution in [0.2, 0.25) is 0 Å². The molecule has 122 valence electrons. The predicted molar refractivity (Wildman–Crippen MR) is 80.2 cm³/mol. The van der Waals surface area contributed by atoms with Crippen LogP contribution in [0.1, 0.15) is 29.1 Å². The molecule has 0 aliphatic heterocycles. The zero-order valence-electron chi connectivity index (χ0n) is 12.7. The lowest BCUT2D eigenvalue weighted by Gasteiger charge is -2.12. The van der Waals surface area contributed by atoms with Gasteiger partial charge in [-0.1, -0.05) is 0 Å². The van der Waals surface area contributed by atoms with Crippen molar-refractivity contribution >= 4 is 11.9 Å². The van der Waals surface area contributed by atoms with E-state index in [1.54, 1.807) is 19.1 Å². The van der Waals surface area contributed by atoms with Gasteiger partial charge in [0.25, 0.3) is 5.91 Å². The first-order valence-electron chi connectivity index (χ1n) is 6.88. The zero-order chi connectivity index (χ0) is 16.8. The minimum atomic E-state index is -0.800. The quantitative estimate of drug-likeness (QED) is 0.791. The smallest absolute Gasteiger partial charge is 0.342 e. The fraction of sp³-hybridized carbons (Fsp3) is 0.250. The fourth-order valence-corrected chi connectivity index (χ4v) is 1.91. The number of phenolic OH excluding ortho intramolecular Hbond substituents is 1. The van der Waals surface area contributed by atoms with Crippen molar-refractivity contribution in [2.45, 2.75) is 13.0 Å². The number of hydrogen-bond acceptors (Lipinski definition) is 6. The number of carbonyl (C=O) groups excluding carboxylic acids is 2. The highest BCUT2D eigenvalue weighted by atomic mass is 16.5. The van der Waals surface area contributed by atoms with E-state index in [1.165, 1.54) is 31.6 Å². The number of furan rings is 1. The number of esters is 1. The van der Waals surface area contributed by atoms with Crippen molar-refractivity contribution in [3.05, 3.63) is 47.9 Å². The van der Waals surface area contributed by atoms with Crippen molar-refractivity contribution in [2.24, 2.45) is 0 Å². The Balaban J connectivity index is 1.87. The molecule has 0 aliphatic carbocycles. The molecule has 0 spiro atoms. The normalized spacial score (nSPS) is 11.6. The Bertz CT molecular complexity index is 680. The molecule has 0 unspecified atom stereocenters. The third-order valence-corrected chi connectivity index (χ3v) is 3.11. The van der Waals surface area contributed by atoms with Gasteiger partial charge < -0.3 is 24.3 Å². The lowest BCUT2D eigenvalue weighted by molar-refractivity contribution is -0.125. The second-order valence-corrected chi connectivity index (χ2v) is 4.76. The van der Waals surface area contributed by atoms with Crippen molar-refractivity contribution < 1.29 is 28.6 Å². The third-order valence-electron chi connectivity index (χ3n) is 3.11. The van der Waals surface area contributed by atoms with Crippen molar-refractivity contribution in [1.82, 2.24) is 5.32 Å². The molecule has 7 nitrogen and oxygen atoms in total. The Morgan fingerprint density at radius 2 is 2.13 bits per heavy atom. The van der Waals surface area contributed by atoms with Gasteiger partial charge in [-0.15, -0.1) is 0 Å². The summed E-state index contributed by atoms with van der Waals surface area (Å²) in [6.07, 6.45) is 1.50. The average molecular weight is 319 g/mol. The van der Waals surface area contributed by atoms with Crippen LogP contribution in [-0.4, -0.2) is 30.7 Å². The standard InChI is InChI=1S/C16H17NO6/c1-10(14-4-3-7-22-14)17-15(19)9-23-16(20)12-6-5-11(21-2)8-13(12)18/h3-8,10,18H,9H2,1-2H3,(H,17,19)/t10-/m0/s1. The summed E-state index contributed by atoms with van der Waals surface area (Å²) in [5.41, 5.74) is -0.0438. The summed E-state index contributed by atoms with van der Waals surface area (Å²) in [5, 5.41) is 12.4. The van der Waals surface area contributed by atoms with E-state index in [0.29, 0.717) is 11.5 Å². The average Bonchev–Trinajstić information content (AvgIpc) is 3.07. The number of benzene rings is 1. The highest BCUT2D eigenvalue weighted by molar-refractivity contribution is 5.94. The molecule has 0 radical (unpaired) electrons. The largest absolute Gasteiger partial charge is 0.507 e. The summed E-state index contributed by atoms with van der Waals surface area (Å²) in [4.78, 5) is 23.6. The molecule has 0 bridgehead atoms. The number of aromatic hydroxyl groups is 1. The van der Waals surface area contributed by atoms with E-state index >= 15 is 0 Å². The highest BCUT2D eigenvalue weighted by Gasteiger charge is 2.17. The molecule has 7 heteroatoms. The minimum absolute atomic E-state index is 0.0438. The van der Waals surface area contributed by atoms with Crippen LogP contribution in [0.4, 0.5) is 0 Å². The fourth-order valence-electron chi connectivity index (χ4n) is 1.91. The van der Waals surface area contributed by atoms with Gasteiger partial charge in [-0.25, -0.2) is 4.79 Å². The molecule has 1 aromatic heterocycles. The van der Waals surface area contributed by atoms with E-state index in [0.717, 1.165) is 0 Å². The summed E-state index contributed by atoms with van der Waals surface area (Å²) in [6.45, 7) is 1.28. The highest BCUT2D eigenvalue weighted by Crippen LogP contribution is 2.23. The molecule has 1 heterocycles. The van der Waals surface area contributed by atoms with E-state index in [1.807, 2.05) is 0 Å². The van der Waals surface area contributed by atoms with Gasteiger partial charge in [0, 0.05) is 6.07 Å². The second kappa shape index (κ2) is 7.35. The second-order valence-electron chi connectivity index (χ2n) is 4.76. The summed E-state index contributed by atoms with van der Waals surface area (Å²) in [6, 6.07) is 7.26. The van der Waals surface area contributed by atoms with Gasteiger partial charge in [0.2, 0.25) is 0 Å². The summed E-state index contributed by atoms with van der Waals surface area (Å²) in [7, 11) is 1.44. The van der Waals surface area contributed by atoms with E-state index in [9.17, 15) is 14.7 Å². The molecule has 0 saturated heterocycles. The van der Waals surface area contributed by atoms with Gasteiger partial charge >= 0.3 is 5.97 Å². The Morgan fingerprint density at radius 3 is 2.74 bits per heavy atom. The van der Waals surface area contributed by atoms with E-state index in [4.69, 9.17) is 13.9 Å². The van der Waals surface area contributed by atoms with Gasteiger partial charge in [-0.2, -0.15) is 0 Å². The monoisotopic (exact) mass is 319 g/mol. The van der Waals surface area contributed by atoms with Crippen LogP contribution in [0.5, 0.6) is 11.5 Å². The minimum Gasteiger partial charge on any atom is -0.507 e. The van der Waals surface area contributed by atoms with Crippen molar-refractivity contribution in [1.29, 1.82) is 0 Å². The number of hydrogen-bond donors (Lipinski definition) is 2. The van der Waals surface area contributed by atoms with Crippen molar-refractivity contribution in [2.75, 3.05) is 13.7 Å². The number of amides is 1. The maximum atomic E-state index is 11.9. The van der Waals surface area contributed by atoms with E-state index in [-0.39, 0.29) is 17.4 Å². The molecule has 2 N–H and O–H groups in total. The maximum absolute atomic E-state index is 11.9.